The molecular weight excluding hydrogens is 393 g/mol. The van der Waals surface area contributed by atoms with Crippen LogP contribution < -0.4 is 14.5 Å². The van der Waals surface area contributed by atoms with Crippen molar-refractivity contribution >= 4 is 41.0 Å². The average molecular weight is 404 g/mol. The summed E-state index contributed by atoms with van der Waals surface area (Å²) in [5, 5.41) is 15.8. The third kappa shape index (κ3) is 3.52. The van der Waals surface area contributed by atoms with Gasteiger partial charge in [-0.15, -0.1) is 0 Å². The van der Waals surface area contributed by atoms with Gasteiger partial charge in [-0.25, -0.2) is 0 Å². The van der Waals surface area contributed by atoms with Crippen molar-refractivity contribution in [2.24, 2.45) is 0 Å². The van der Waals surface area contributed by atoms with Crippen molar-refractivity contribution < 1.29 is 22.7 Å². The quantitative estimate of drug-likeness (QED) is 0.478. The number of nitriles is 1. The molecule has 1 fully saturated rings. The van der Waals surface area contributed by atoms with Crippen LogP contribution in [0.1, 0.15) is 11.1 Å². The Labute approximate surface area is 162 Å². The number of halogens is 3. The Bertz CT molecular complexity index is 999. The first-order valence-electron chi connectivity index (χ1n) is 7.77. The van der Waals surface area contributed by atoms with E-state index in [4.69, 9.17) is 27.6 Å². The van der Waals surface area contributed by atoms with Crippen LogP contribution in [0.15, 0.2) is 42.5 Å². The summed E-state index contributed by atoms with van der Waals surface area (Å²) in [6.07, 6.45) is -3.97. The van der Waals surface area contributed by atoms with E-state index in [1.165, 1.54) is 17.0 Å². The number of hydrogen-bond acceptors (Lipinski definition) is 5. The van der Waals surface area contributed by atoms with Gasteiger partial charge in [-0.1, -0.05) is 0 Å². The number of benzene rings is 2. The zero-order valence-electron chi connectivity index (χ0n) is 14.0. The van der Waals surface area contributed by atoms with Gasteiger partial charge in [0.15, 0.2) is 11.5 Å². The molecule has 0 unspecified atom stereocenters. The lowest BCUT2D eigenvalue weighted by atomic mass is 10.1. The van der Waals surface area contributed by atoms with E-state index in [0.717, 1.165) is 23.4 Å². The number of thiocarbonyl (C=S) groups is 1. The molecule has 0 aromatic heterocycles. The molecule has 0 aliphatic carbocycles. The highest BCUT2D eigenvalue weighted by Gasteiger charge is 2.38. The van der Waals surface area contributed by atoms with E-state index >= 15 is 0 Å². The summed E-state index contributed by atoms with van der Waals surface area (Å²) in [6.45, 7) is -0.148. The minimum atomic E-state index is -4.74. The Hall–Kier alpha value is -3.45. The van der Waals surface area contributed by atoms with Gasteiger partial charge in [0.25, 0.3) is 5.91 Å². The van der Waals surface area contributed by atoms with E-state index in [2.05, 4.69) is 0 Å². The highest BCUT2D eigenvalue weighted by Crippen LogP contribution is 2.36. The number of amides is 1. The Morgan fingerprint density at radius 1 is 1.18 bits per heavy atom. The van der Waals surface area contributed by atoms with E-state index in [1.54, 1.807) is 24.3 Å². The fourth-order valence-electron chi connectivity index (χ4n) is 2.73. The third-order valence-corrected chi connectivity index (χ3v) is 4.40. The molecule has 6 nitrogen and oxygen atoms in total. The second-order valence-corrected chi connectivity index (χ2v) is 6.03. The maximum absolute atomic E-state index is 13.2. The summed E-state index contributed by atoms with van der Waals surface area (Å²) in [4.78, 5) is 14.9. The van der Waals surface area contributed by atoms with Crippen molar-refractivity contribution in [1.82, 2.24) is 0 Å². The normalized spacial score (nSPS) is 14.2. The number of ether oxygens (including phenoxy) is 1. The molecule has 1 heterocycles. The molecule has 1 amide bonds. The Morgan fingerprint density at radius 2 is 1.82 bits per heavy atom. The number of rotatable bonds is 4. The van der Waals surface area contributed by atoms with E-state index in [-0.39, 0.29) is 17.3 Å². The molecule has 2 aromatic carbocycles. The second kappa shape index (κ2) is 7.28. The number of nitrogens with one attached hydrogen (secondary N) is 1. The van der Waals surface area contributed by atoms with Crippen LogP contribution >= 0.6 is 12.2 Å². The predicted octanol–water partition coefficient (Wildman–Crippen LogP) is 3.70. The first-order valence-corrected chi connectivity index (χ1v) is 8.18. The van der Waals surface area contributed by atoms with Crippen molar-refractivity contribution in [3.05, 3.63) is 53.6 Å². The zero-order chi connectivity index (χ0) is 20.5. The summed E-state index contributed by atoms with van der Waals surface area (Å²) in [5.74, 6) is -0.0865. The Kier molecular flexibility index (Phi) is 5.02. The zero-order valence-corrected chi connectivity index (χ0v) is 14.8. The molecule has 0 saturated carbocycles. The average Bonchev–Trinajstić information content (AvgIpc) is 2.95. The summed E-state index contributed by atoms with van der Waals surface area (Å²) in [7, 11) is 0. The lowest BCUT2D eigenvalue weighted by Gasteiger charge is -2.21. The Morgan fingerprint density at radius 3 is 2.39 bits per heavy atom. The van der Waals surface area contributed by atoms with Gasteiger partial charge in [0.2, 0.25) is 0 Å². The van der Waals surface area contributed by atoms with Gasteiger partial charge >= 0.3 is 6.18 Å². The number of anilines is 2. The molecule has 0 spiro atoms. The lowest BCUT2D eigenvalue weighted by Crippen LogP contribution is -2.33. The minimum Gasteiger partial charge on any atom is -0.446 e. The highest BCUT2D eigenvalue weighted by atomic mass is 32.1. The molecule has 10 heteroatoms. The Balaban J connectivity index is 1.94. The molecule has 0 atom stereocenters. The van der Waals surface area contributed by atoms with Crippen molar-refractivity contribution in [3.8, 4) is 11.8 Å². The lowest BCUT2D eigenvalue weighted by molar-refractivity contribution is -0.137. The number of hydrogen-bond donors (Lipinski definition) is 1. The van der Waals surface area contributed by atoms with Crippen molar-refractivity contribution in [2.75, 3.05) is 16.3 Å². The molecule has 1 N–H and O–H groups in total. The van der Waals surface area contributed by atoms with E-state index in [0.29, 0.717) is 11.4 Å². The summed E-state index contributed by atoms with van der Waals surface area (Å²) < 4.78 is 44.5. The highest BCUT2D eigenvalue weighted by molar-refractivity contribution is 7.81. The third-order valence-electron chi connectivity index (χ3n) is 4.00. The van der Waals surface area contributed by atoms with Crippen LogP contribution in [0.2, 0.25) is 0 Å². The molecular formula is C18H11F3N4O2S. The first-order chi connectivity index (χ1) is 13.3. The monoisotopic (exact) mass is 404 g/mol. The minimum absolute atomic E-state index is 0.0172. The maximum atomic E-state index is 13.2. The fourth-order valence-corrected chi connectivity index (χ4v) is 3.11. The van der Waals surface area contributed by atoms with Gasteiger partial charge in [0.1, 0.15) is 12.3 Å². The molecule has 1 aliphatic heterocycles. The van der Waals surface area contributed by atoms with Crippen molar-refractivity contribution in [1.29, 1.82) is 10.7 Å². The van der Waals surface area contributed by atoms with Crippen molar-refractivity contribution in [3.63, 3.8) is 0 Å². The topological polar surface area (TPSA) is 80.4 Å². The van der Waals surface area contributed by atoms with E-state index in [1.807, 2.05) is 0 Å². The SMILES string of the molecule is N#Cc1ccc(N2C(=O)CN(c3ccc(OC=N)cc3)C2=S)cc1C(F)(F)F. The standard InChI is InChI=1S/C18H11F3N4O2S/c19-18(20,21)15-7-13(2-1-11(15)8-22)25-16(26)9-24(17(25)28)12-3-5-14(6-4-12)27-10-23/h1-7,10,23H,9H2. The van der Waals surface area contributed by atoms with Crippen LogP contribution in [-0.4, -0.2) is 24.0 Å². The first kappa shape index (κ1) is 19.3. The number of nitrogens with zero attached hydrogens (tertiary/aromatic N) is 3. The number of alkyl halides is 3. The van der Waals surface area contributed by atoms with Crippen LogP contribution in [0.3, 0.4) is 0 Å². The van der Waals surface area contributed by atoms with Crippen LogP contribution in [0.25, 0.3) is 0 Å². The van der Waals surface area contributed by atoms with Gasteiger partial charge in [-0.2, -0.15) is 18.4 Å². The molecule has 0 bridgehead atoms. The fraction of sp³-hybridized carbons (Fsp3) is 0.111. The van der Waals surface area contributed by atoms with Crippen LogP contribution in [0, 0.1) is 16.7 Å². The summed E-state index contributed by atoms with van der Waals surface area (Å²) in [6, 6.07) is 10.9. The summed E-state index contributed by atoms with van der Waals surface area (Å²) in [5.41, 5.74) is -1.18. The number of carbonyl (C=O) groups is 1. The van der Waals surface area contributed by atoms with E-state index < -0.39 is 23.2 Å². The van der Waals surface area contributed by atoms with Crippen LogP contribution in [-0.2, 0) is 11.0 Å². The van der Waals surface area contributed by atoms with Gasteiger partial charge in [0, 0.05) is 5.69 Å². The van der Waals surface area contributed by atoms with Gasteiger partial charge in [0.05, 0.1) is 22.9 Å². The molecule has 0 radical (unpaired) electrons. The smallest absolute Gasteiger partial charge is 0.417 e. The molecule has 142 valence electrons. The number of carbonyl (C=O) groups excluding carboxylic acids is 1. The molecule has 1 saturated heterocycles. The van der Waals surface area contributed by atoms with Gasteiger partial charge in [-0.3, -0.25) is 15.1 Å². The van der Waals surface area contributed by atoms with Crippen molar-refractivity contribution in [2.45, 2.75) is 6.18 Å². The molecule has 3 rings (SSSR count). The maximum Gasteiger partial charge on any atom is 0.417 e. The van der Waals surface area contributed by atoms with Crippen LogP contribution in [0.4, 0.5) is 24.5 Å². The van der Waals surface area contributed by atoms with Gasteiger partial charge in [-0.05, 0) is 54.7 Å². The molecule has 1 aliphatic rings. The molecule has 2 aromatic rings. The summed E-state index contributed by atoms with van der Waals surface area (Å²) >= 11 is 5.30. The molecule has 28 heavy (non-hydrogen) atoms. The van der Waals surface area contributed by atoms with Crippen LogP contribution in [0.5, 0.6) is 5.75 Å². The van der Waals surface area contributed by atoms with E-state index in [9.17, 15) is 18.0 Å². The largest absolute Gasteiger partial charge is 0.446 e. The van der Waals surface area contributed by atoms with Gasteiger partial charge < -0.3 is 9.64 Å². The second-order valence-electron chi connectivity index (χ2n) is 5.67. The predicted molar refractivity (Wildman–Crippen MR) is 99.4 cm³/mol.